The average Bonchev–Trinajstić information content (AvgIpc) is 2.99. The third-order valence-electron chi connectivity index (χ3n) is 4.18. The van der Waals surface area contributed by atoms with Crippen LogP contribution in [0.25, 0.3) is 0 Å². The van der Waals surface area contributed by atoms with Gasteiger partial charge in [-0.05, 0) is 39.2 Å². The van der Waals surface area contributed by atoms with Gasteiger partial charge in [0.25, 0.3) is 0 Å². The average molecular weight is 250 g/mol. The second kappa shape index (κ2) is 5.07. The molecule has 2 heterocycles. The van der Waals surface area contributed by atoms with E-state index < -0.39 is 0 Å². The summed E-state index contributed by atoms with van der Waals surface area (Å²) in [6, 6.07) is 0.602. The van der Waals surface area contributed by atoms with Crippen LogP contribution < -0.4 is 5.32 Å². The zero-order valence-electron chi connectivity index (χ0n) is 10.7. The number of thiazole rings is 1. The van der Waals surface area contributed by atoms with E-state index in [1.807, 2.05) is 11.3 Å². The molecule has 1 saturated carbocycles. The van der Waals surface area contributed by atoms with Crippen LogP contribution in [0.2, 0.25) is 0 Å². The minimum atomic E-state index is 0.602. The maximum Gasteiger partial charge on any atom is 0.0962 e. The molecule has 0 spiro atoms. The van der Waals surface area contributed by atoms with Gasteiger partial charge in [0.1, 0.15) is 0 Å². The van der Waals surface area contributed by atoms with Gasteiger partial charge in [-0.3, -0.25) is 0 Å². The molecule has 1 atom stereocenters. The van der Waals surface area contributed by atoms with E-state index in [9.17, 15) is 0 Å². The Kier molecular flexibility index (Phi) is 3.48. The SMILES string of the molecule is Cc1nc(C2CCCCC2)sc1C1CCCN1. The number of rotatable bonds is 2. The Morgan fingerprint density at radius 2 is 1.94 bits per heavy atom. The van der Waals surface area contributed by atoms with Crippen molar-refractivity contribution in [3.8, 4) is 0 Å². The highest BCUT2D eigenvalue weighted by molar-refractivity contribution is 7.11. The van der Waals surface area contributed by atoms with Crippen LogP contribution in [0.3, 0.4) is 0 Å². The molecule has 94 valence electrons. The summed E-state index contributed by atoms with van der Waals surface area (Å²) in [5, 5.41) is 5.02. The highest BCUT2D eigenvalue weighted by Crippen LogP contribution is 2.38. The fraction of sp³-hybridized carbons (Fsp3) is 0.786. The van der Waals surface area contributed by atoms with Gasteiger partial charge in [-0.2, -0.15) is 0 Å². The van der Waals surface area contributed by atoms with Crippen molar-refractivity contribution in [3.05, 3.63) is 15.6 Å². The molecule has 0 aromatic carbocycles. The van der Waals surface area contributed by atoms with Gasteiger partial charge in [-0.15, -0.1) is 11.3 Å². The molecular weight excluding hydrogens is 228 g/mol. The summed E-state index contributed by atoms with van der Waals surface area (Å²) < 4.78 is 0. The summed E-state index contributed by atoms with van der Waals surface area (Å²) in [7, 11) is 0. The lowest BCUT2D eigenvalue weighted by molar-refractivity contribution is 0.442. The van der Waals surface area contributed by atoms with Crippen molar-refractivity contribution in [1.29, 1.82) is 0 Å². The van der Waals surface area contributed by atoms with Crippen LogP contribution in [-0.2, 0) is 0 Å². The van der Waals surface area contributed by atoms with Crippen LogP contribution in [0, 0.1) is 6.92 Å². The van der Waals surface area contributed by atoms with Gasteiger partial charge in [-0.25, -0.2) is 4.98 Å². The first-order chi connectivity index (χ1) is 8.34. The Bertz CT molecular complexity index is 374. The third-order valence-corrected chi connectivity index (χ3v) is 5.61. The quantitative estimate of drug-likeness (QED) is 0.860. The zero-order chi connectivity index (χ0) is 11.7. The minimum absolute atomic E-state index is 0.602. The van der Waals surface area contributed by atoms with E-state index in [4.69, 9.17) is 4.98 Å². The van der Waals surface area contributed by atoms with Crippen molar-refractivity contribution in [2.24, 2.45) is 0 Å². The number of aryl methyl sites for hydroxylation is 1. The number of aromatic nitrogens is 1. The first-order valence-corrected chi connectivity index (χ1v) is 7.87. The van der Waals surface area contributed by atoms with Crippen molar-refractivity contribution in [1.82, 2.24) is 10.3 Å². The molecule has 2 aliphatic rings. The number of nitrogens with one attached hydrogen (secondary N) is 1. The summed E-state index contributed by atoms with van der Waals surface area (Å²) in [6.07, 6.45) is 9.58. The maximum absolute atomic E-state index is 4.86. The van der Waals surface area contributed by atoms with Gasteiger partial charge < -0.3 is 5.32 Å². The Balaban J connectivity index is 1.79. The highest BCUT2D eigenvalue weighted by atomic mass is 32.1. The summed E-state index contributed by atoms with van der Waals surface area (Å²) in [6.45, 7) is 3.37. The number of nitrogens with zero attached hydrogens (tertiary/aromatic N) is 1. The number of hydrogen-bond donors (Lipinski definition) is 1. The van der Waals surface area contributed by atoms with Crippen molar-refractivity contribution in [3.63, 3.8) is 0 Å². The van der Waals surface area contributed by atoms with Crippen LogP contribution in [0.15, 0.2) is 0 Å². The topological polar surface area (TPSA) is 24.9 Å². The fourth-order valence-corrected chi connectivity index (χ4v) is 4.53. The van der Waals surface area contributed by atoms with Crippen LogP contribution in [0.4, 0.5) is 0 Å². The zero-order valence-corrected chi connectivity index (χ0v) is 11.5. The van der Waals surface area contributed by atoms with E-state index in [0.29, 0.717) is 6.04 Å². The molecule has 1 aliphatic carbocycles. The summed E-state index contributed by atoms with van der Waals surface area (Å²) in [5.41, 5.74) is 1.29. The molecule has 1 unspecified atom stereocenters. The molecular formula is C14H22N2S. The van der Waals surface area contributed by atoms with Crippen molar-refractivity contribution < 1.29 is 0 Å². The number of hydrogen-bond acceptors (Lipinski definition) is 3. The second-order valence-corrected chi connectivity index (χ2v) is 6.55. The molecule has 0 amide bonds. The first-order valence-electron chi connectivity index (χ1n) is 7.05. The molecule has 2 fully saturated rings. The van der Waals surface area contributed by atoms with E-state index in [-0.39, 0.29) is 0 Å². The lowest BCUT2D eigenvalue weighted by Crippen LogP contribution is -2.12. The second-order valence-electron chi connectivity index (χ2n) is 5.49. The monoisotopic (exact) mass is 250 g/mol. The predicted octanol–water partition coefficient (Wildman–Crippen LogP) is 3.92. The van der Waals surface area contributed by atoms with Gasteiger partial charge in [0.15, 0.2) is 0 Å². The summed E-state index contributed by atoms with van der Waals surface area (Å²) in [4.78, 5) is 6.37. The molecule has 0 radical (unpaired) electrons. The molecule has 1 saturated heterocycles. The van der Waals surface area contributed by atoms with Crippen molar-refractivity contribution in [2.75, 3.05) is 6.54 Å². The summed E-state index contributed by atoms with van der Waals surface area (Å²) >= 11 is 1.99. The fourth-order valence-electron chi connectivity index (χ4n) is 3.19. The van der Waals surface area contributed by atoms with E-state index >= 15 is 0 Å². The third kappa shape index (κ3) is 2.41. The molecule has 1 aromatic heterocycles. The van der Waals surface area contributed by atoms with Gasteiger partial charge >= 0.3 is 0 Å². The van der Waals surface area contributed by atoms with E-state index in [1.165, 1.54) is 67.1 Å². The Morgan fingerprint density at radius 3 is 2.65 bits per heavy atom. The normalized spacial score (nSPS) is 26.5. The molecule has 1 N–H and O–H groups in total. The molecule has 1 aromatic rings. The van der Waals surface area contributed by atoms with E-state index in [0.717, 1.165) is 5.92 Å². The van der Waals surface area contributed by atoms with Crippen LogP contribution in [0.1, 0.15) is 72.5 Å². The largest absolute Gasteiger partial charge is 0.309 e. The molecule has 3 heteroatoms. The van der Waals surface area contributed by atoms with Gasteiger partial charge in [0.2, 0.25) is 0 Å². The first kappa shape index (κ1) is 11.7. The molecule has 2 nitrogen and oxygen atoms in total. The summed E-state index contributed by atoms with van der Waals surface area (Å²) in [5.74, 6) is 0.766. The van der Waals surface area contributed by atoms with Gasteiger partial charge in [-0.1, -0.05) is 19.3 Å². The lowest BCUT2D eigenvalue weighted by Gasteiger charge is -2.19. The Morgan fingerprint density at radius 1 is 1.12 bits per heavy atom. The van der Waals surface area contributed by atoms with Crippen LogP contribution >= 0.6 is 11.3 Å². The molecule has 0 bridgehead atoms. The minimum Gasteiger partial charge on any atom is -0.309 e. The predicted molar refractivity (Wildman–Crippen MR) is 72.7 cm³/mol. The van der Waals surface area contributed by atoms with E-state index in [2.05, 4.69) is 12.2 Å². The van der Waals surface area contributed by atoms with Gasteiger partial charge in [0, 0.05) is 16.8 Å². The van der Waals surface area contributed by atoms with E-state index in [1.54, 1.807) is 0 Å². The lowest BCUT2D eigenvalue weighted by atomic mass is 9.90. The van der Waals surface area contributed by atoms with Crippen LogP contribution in [0.5, 0.6) is 0 Å². The Hall–Kier alpha value is -0.410. The standard InChI is InChI=1S/C14H22N2S/c1-10-13(12-8-5-9-15-12)17-14(16-10)11-6-3-2-4-7-11/h11-12,15H,2-9H2,1H3. The Labute approximate surface area is 108 Å². The smallest absolute Gasteiger partial charge is 0.0962 e. The highest BCUT2D eigenvalue weighted by Gasteiger charge is 2.25. The molecule has 3 rings (SSSR count). The van der Waals surface area contributed by atoms with Crippen molar-refractivity contribution >= 4 is 11.3 Å². The molecule has 1 aliphatic heterocycles. The van der Waals surface area contributed by atoms with Crippen LogP contribution in [-0.4, -0.2) is 11.5 Å². The molecule has 17 heavy (non-hydrogen) atoms. The van der Waals surface area contributed by atoms with Gasteiger partial charge in [0.05, 0.1) is 10.7 Å². The maximum atomic E-state index is 4.86. The van der Waals surface area contributed by atoms with Crippen molar-refractivity contribution in [2.45, 2.75) is 63.8 Å².